The second-order valence-electron chi connectivity index (χ2n) is 14.4. The van der Waals surface area contributed by atoms with Crippen molar-refractivity contribution in [3.63, 3.8) is 0 Å². The van der Waals surface area contributed by atoms with E-state index in [2.05, 4.69) is 0 Å². The van der Waals surface area contributed by atoms with Crippen LogP contribution in [0.3, 0.4) is 0 Å². The summed E-state index contributed by atoms with van der Waals surface area (Å²) in [5, 5.41) is -1.08. The molecule has 0 aliphatic carbocycles. The second kappa shape index (κ2) is 14.7. The van der Waals surface area contributed by atoms with E-state index in [4.69, 9.17) is 31.4 Å². The van der Waals surface area contributed by atoms with Gasteiger partial charge in [0.2, 0.25) is 11.9 Å². The van der Waals surface area contributed by atoms with E-state index in [0.29, 0.717) is 16.7 Å². The van der Waals surface area contributed by atoms with Gasteiger partial charge in [0.1, 0.15) is 0 Å². The molecular formula is C57H37N5. The van der Waals surface area contributed by atoms with Gasteiger partial charge >= 0.3 is 0 Å². The standard InChI is InChI=1S/C57H37N5/c1-3-19-38(20-4-1)40-35-41(44-24-8-10-26-46(44)45-25-9-7-23-43(45)39-21-5-2-6-22-39)37-42(36-40)55-58-56(61-51-31-15-11-27-47(51)48-28-12-16-32-52(48)61)60-57(59-55)62-53-33-17-13-29-49(53)50-30-14-18-34-54(50)62/h1-37H/i11D,12D,13D,14D,15D,16D,17D,18D,27D,28D,29D,30D,31D,32D,33D,34D. The highest BCUT2D eigenvalue weighted by atomic mass is 15.3. The summed E-state index contributed by atoms with van der Waals surface area (Å²) < 4.78 is 146. The minimum absolute atomic E-state index is 0.162. The van der Waals surface area contributed by atoms with Gasteiger partial charge in [-0.25, -0.2) is 0 Å². The Hall–Kier alpha value is -8.41. The number of benzene rings is 9. The van der Waals surface area contributed by atoms with E-state index in [9.17, 15) is 5.48 Å². The molecule has 5 nitrogen and oxygen atoms in total. The Morgan fingerprint density at radius 1 is 0.306 bits per heavy atom. The monoisotopic (exact) mass is 807 g/mol. The zero-order chi connectivity index (χ0) is 54.9. The van der Waals surface area contributed by atoms with Crippen molar-refractivity contribution in [2.45, 2.75) is 0 Å². The van der Waals surface area contributed by atoms with Crippen LogP contribution in [-0.4, -0.2) is 24.1 Å². The van der Waals surface area contributed by atoms with Crippen molar-refractivity contribution in [2.24, 2.45) is 0 Å². The minimum atomic E-state index is -0.705. The fourth-order valence-electron chi connectivity index (χ4n) is 8.19. The molecule has 290 valence electrons. The van der Waals surface area contributed by atoms with Crippen molar-refractivity contribution in [3.8, 4) is 67.8 Å². The molecule has 0 spiro atoms. The van der Waals surface area contributed by atoms with Crippen LogP contribution in [0, 0.1) is 0 Å². The van der Waals surface area contributed by atoms with Crippen molar-refractivity contribution < 1.29 is 21.9 Å². The van der Waals surface area contributed by atoms with Gasteiger partial charge in [0.05, 0.1) is 44.0 Å². The molecule has 0 unspecified atom stereocenters. The summed E-state index contributed by atoms with van der Waals surface area (Å²) >= 11 is 0. The van der Waals surface area contributed by atoms with Crippen LogP contribution in [-0.2, 0) is 0 Å². The Labute approximate surface area is 381 Å². The molecule has 0 radical (unpaired) electrons. The lowest BCUT2D eigenvalue weighted by Crippen LogP contribution is -2.10. The van der Waals surface area contributed by atoms with Crippen LogP contribution in [0.2, 0.25) is 0 Å². The molecule has 0 atom stereocenters. The van der Waals surface area contributed by atoms with Crippen LogP contribution in [0.5, 0.6) is 0 Å². The van der Waals surface area contributed by atoms with Gasteiger partial charge in [-0.05, 0) is 86.9 Å². The first-order chi connectivity index (χ1) is 37.4. The number of fused-ring (bicyclic) bond motifs is 6. The van der Waals surface area contributed by atoms with Crippen molar-refractivity contribution in [3.05, 3.63) is 224 Å². The number of hydrogen-bond acceptors (Lipinski definition) is 3. The molecular weight excluding hydrogens is 755 g/mol. The first kappa shape index (κ1) is 22.8. The maximum atomic E-state index is 9.35. The summed E-state index contributed by atoms with van der Waals surface area (Å²) in [6.45, 7) is 0. The third-order valence-electron chi connectivity index (χ3n) is 10.9. The zero-order valence-electron chi connectivity index (χ0n) is 48.4. The number of nitrogens with zero attached hydrogens (tertiary/aromatic N) is 5. The van der Waals surface area contributed by atoms with Crippen molar-refractivity contribution in [2.75, 3.05) is 0 Å². The molecule has 12 aromatic rings. The largest absolute Gasteiger partial charge is 0.278 e. The Kier molecular flexibility index (Phi) is 5.41. The summed E-state index contributed by atoms with van der Waals surface area (Å²) in [5.74, 6) is -1.12. The lowest BCUT2D eigenvalue weighted by Gasteiger charge is -2.17. The van der Waals surface area contributed by atoms with Crippen LogP contribution in [0.1, 0.15) is 21.9 Å². The van der Waals surface area contributed by atoms with Crippen molar-refractivity contribution >= 4 is 43.6 Å². The average molecular weight is 808 g/mol. The van der Waals surface area contributed by atoms with E-state index in [1.165, 1.54) is 0 Å². The zero-order valence-corrected chi connectivity index (χ0v) is 32.4. The van der Waals surface area contributed by atoms with Gasteiger partial charge in [0, 0.05) is 27.1 Å². The number of aromatic nitrogens is 5. The van der Waals surface area contributed by atoms with E-state index in [1.54, 1.807) is 6.07 Å². The Morgan fingerprint density at radius 3 is 1.13 bits per heavy atom. The Balaban J connectivity index is 1.26. The molecule has 62 heavy (non-hydrogen) atoms. The first-order valence-corrected chi connectivity index (χ1v) is 19.6. The van der Waals surface area contributed by atoms with Gasteiger partial charge in [-0.3, -0.25) is 9.13 Å². The quantitative estimate of drug-likeness (QED) is 0.161. The summed E-state index contributed by atoms with van der Waals surface area (Å²) in [7, 11) is 0. The van der Waals surface area contributed by atoms with Gasteiger partial charge in [0.15, 0.2) is 5.82 Å². The molecule has 0 N–H and O–H groups in total. The van der Waals surface area contributed by atoms with Gasteiger partial charge in [-0.15, -0.1) is 0 Å². The number of para-hydroxylation sites is 4. The molecule has 5 heteroatoms. The highest BCUT2D eigenvalue weighted by Gasteiger charge is 2.22. The third-order valence-corrected chi connectivity index (χ3v) is 10.9. The summed E-state index contributed by atoms with van der Waals surface area (Å²) in [6, 6.07) is 30.3. The molecule has 9 aromatic carbocycles. The van der Waals surface area contributed by atoms with Crippen LogP contribution < -0.4 is 0 Å². The molecule has 12 rings (SSSR count). The first-order valence-electron chi connectivity index (χ1n) is 27.6. The third kappa shape index (κ3) is 5.90. The maximum absolute atomic E-state index is 9.35. The van der Waals surface area contributed by atoms with Crippen LogP contribution >= 0.6 is 0 Å². The molecule has 0 fully saturated rings. The molecule has 0 aliphatic rings. The molecule has 0 saturated carbocycles. The molecule has 0 amide bonds. The van der Waals surface area contributed by atoms with E-state index in [1.807, 2.05) is 121 Å². The average Bonchev–Trinajstić information content (AvgIpc) is 4.26. The molecule has 0 aliphatic heterocycles. The molecule has 0 saturated heterocycles. The number of hydrogen-bond donors (Lipinski definition) is 0. The second-order valence-corrected chi connectivity index (χ2v) is 14.4. The topological polar surface area (TPSA) is 48.5 Å². The molecule has 0 bridgehead atoms. The predicted octanol–water partition coefficient (Wildman–Crippen LogP) is 14.4. The lowest BCUT2D eigenvalue weighted by atomic mass is 9.88. The Bertz CT molecular complexity index is 4250. The molecule has 3 heterocycles. The van der Waals surface area contributed by atoms with Crippen LogP contribution in [0.4, 0.5) is 0 Å². The van der Waals surface area contributed by atoms with Gasteiger partial charge < -0.3 is 0 Å². The molecule has 3 aromatic heterocycles. The van der Waals surface area contributed by atoms with Crippen LogP contribution in [0.15, 0.2) is 224 Å². The van der Waals surface area contributed by atoms with E-state index < -0.39 is 109 Å². The maximum Gasteiger partial charge on any atom is 0.240 e. The van der Waals surface area contributed by atoms with Crippen molar-refractivity contribution in [1.29, 1.82) is 0 Å². The lowest BCUT2D eigenvalue weighted by molar-refractivity contribution is 0.893. The van der Waals surface area contributed by atoms with E-state index in [-0.39, 0.29) is 49.4 Å². The summed E-state index contributed by atoms with van der Waals surface area (Å²) in [5.41, 5.74) is 5.66. The highest BCUT2D eigenvalue weighted by molar-refractivity contribution is 6.10. The van der Waals surface area contributed by atoms with Crippen LogP contribution in [0.25, 0.3) is 111 Å². The smallest absolute Gasteiger partial charge is 0.240 e. The summed E-state index contributed by atoms with van der Waals surface area (Å²) in [6.07, 6.45) is 0. The Morgan fingerprint density at radius 2 is 0.661 bits per heavy atom. The van der Waals surface area contributed by atoms with E-state index in [0.717, 1.165) is 42.5 Å². The van der Waals surface area contributed by atoms with E-state index >= 15 is 0 Å². The highest BCUT2D eigenvalue weighted by Crippen LogP contribution is 2.41. The fourth-order valence-corrected chi connectivity index (χ4v) is 8.19. The SMILES string of the molecule is [2H]c1c([2H])c([2H])c2c(c1[2H])c1c([2H])c([2H])c([2H])c([2H])c1n2-c1nc(-c2cc(-c3ccccc3)cc(-c3ccccc3-c3ccccc3-c3ccccc3)c2)nc(-n2c3c([2H])c([2H])c([2H])c([2H])c3c3c([2H])c([2H])c([2H])c([2H])c32)n1. The van der Waals surface area contributed by atoms with Crippen molar-refractivity contribution in [1.82, 2.24) is 24.1 Å². The van der Waals surface area contributed by atoms with Gasteiger partial charge in [0.25, 0.3) is 0 Å². The minimum Gasteiger partial charge on any atom is -0.278 e. The van der Waals surface area contributed by atoms with Gasteiger partial charge in [-0.2, -0.15) is 15.0 Å². The normalized spacial score (nSPS) is 15.2. The van der Waals surface area contributed by atoms with Gasteiger partial charge in [-0.1, -0.05) is 182 Å². The predicted molar refractivity (Wildman–Crippen MR) is 256 cm³/mol. The number of rotatable bonds is 7. The fraction of sp³-hybridized carbons (Fsp3) is 0. The summed E-state index contributed by atoms with van der Waals surface area (Å²) in [4.78, 5) is 14.9.